The second kappa shape index (κ2) is 13.0. The van der Waals surface area contributed by atoms with Gasteiger partial charge >= 0.3 is 168 Å². The summed E-state index contributed by atoms with van der Waals surface area (Å²) in [7, 11) is 0. The Hall–Kier alpha value is -0.281. The average Bonchev–Trinajstić information content (AvgIpc) is 2.66. The van der Waals surface area contributed by atoms with Crippen molar-refractivity contribution in [1.82, 2.24) is 0 Å². The fourth-order valence-electron chi connectivity index (χ4n) is 3.99. The van der Waals surface area contributed by atoms with Crippen LogP contribution in [0.5, 0.6) is 0 Å². The fourth-order valence-corrected chi connectivity index (χ4v) is 21.5. The van der Waals surface area contributed by atoms with Gasteiger partial charge < -0.3 is 0 Å². The van der Waals surface area contributed by atoms with E-state index in [0.29, 0.717) is 5.92 Å². The number of hydrogen-bond acceptors (Lipinski definition) is 1. The van der Waals surface area contributed by atoms with Gasteiger partial charge in [-0.15, -0.1) is 0 Å². The van der Waals surface area contributed by atoms with Crippen molar-refractivity contribution < 1.29 is 5.11 Å². The summed E-state index contributed by atoms with van der Waals surface area (Å²) in [6, 6.07) is 10.7. The molecule has 0 spiro atoms. The quantitative estimate of drug-likeness (QED) is 0.300. The van der Waals surface area contributed by atoms with Crippen LogP contribution in [0.15, 0.2) is 33.9 Å². The minimum absolute atomic E-state index is 0.267. The summed E-state index contributed by atoms with van der Waals surface area (Å²) in [5, 5.41) is 11.3. The topological polar surface area (TPSA) is 20.2 Å². The monoisotopic (exact) mass is 466 g/mol. The van der Waals surface area contributed by atoms with Crippen molar-refractivity contribution in [3.05, 3.63) is 39.5 Å². The van der Waals surface area contributed by atoms with Gasteiger partial charge in [0.25, 0.3) is 0 Å². The van der Waals surface area contributed by atoms with Gasteiger partial charge in [0.15, 0.2) is 0 Å². The molecule has 1 unspecified atom stereocenters. The Kier molecular flexibility index (Phi) is 11.9. The molecule has 0 bridgehead atoms. The Balaban J connectivity index is 3.42. The maximum absolute atomic E-state index is 11.3. The van der Waals surface area contributed by atoms with E-state index in [0.717, 1.165) is 0 Å². The Labute approximate surface area is 167 Å². The molecule has 1 atom stereocenters. The third-order valence-corrected chi connectivity index (χ3v) is 21.7. The summed E-state index contributed by atoms with van der Waals surface area (Å²) in [5.74, 6) is 0.297. The first kappa shape index (κ1) is 23.8. The van der Waals surface area contributed by atoms with Gasteiger partial charge in [-0.2, -0.15) is 0 Å². The van der Waals surface area contributed by atoms with E-state index < -0.39 is 18.4 Å². The van der Waals surface area contributed by atoms with Crippen molar-refractivity contribution in [3.63, 3.8) is 0 Å². The van der Waals surface area contributed by atoms with Gasteiger partial charge in [-0.3, -0.25) is 0 Å². The Morgan fingerprint density at radius 2 is 1.35 bits per heavy atom. The zero-order valence-electron chi connectivity index (χ0n) is 17.9. The molecule has 148 valence electrons. The predicted octanol–water partition coefficient (Wildman–Crippen LogP) is 7.48. The van der Waals surface area contributed by atoms with Gasteiger partial charge in [0, 0.05) is 0 Å². The first-order chi connectivity index (χ1) is 12.5. The van der Waals surface area contributed by atoms with Gasteiger partial charge in [0.1, 0.15) is 0 Å². The number of aliphatic hydroxyl groups excluding tert-OH is 1. The summed E-state index contributed by atoms with van der Waals surface area (Å²) in [4.78, 5) is 0. The van der Waals surface area contributed by atoms with Gasteiger partial charge in [0.2, 0.25) is 0 Å². The second-order valence-electron chi connectivity index (χ2n) is 8.29. The summed E-state index contributed by atoms with van der Waals surface area (Å²) in [5.41, 5.74) is 1.27. The molecule has 1 nitrogen and oxygen atoms in total. The van der Waals surface area contributed by atoms with Gasteiger partial charge in [-0.25, -0.2) is 0 Å². The van der Waals surface area contributed by atoms with E-state index >= 15 is 0 Å². The second-order valence-corrected chi connectivity index (χ2v) is 21.5. The van der Waals surface area contributed by atoms with Crippen molar-refractivity contribution in [2.75, 3.05) is 0 Å². The summed E-state index contributed by atoms with van der Waals surface area (Å²) >= 11 is -2.62. The van der Waals surface area contributed by atoms with E-state index in [9.17, 15) is 5.11 Å². The Morgan fingerprint density at radius 3 is 1.73 bits per heavy atom. The number of aliphatic hydroxyl groups is 1. The molecule has 0 aliphatic rings. The van der Waals surface area contributed by atoms with Crippen molar-refractivity contribution in [2.45, 2.75) is 92.6 Å². The van der Waals surface area contributed by atoms with Crippen LogP contribution < -0.4 is 0 Å². The van der Waals surface area contributed by atoms with Crippen LogP contribution in [0.1, 0.15) is 78.7 Å². The molecule has 26 heavy (non-hydrogen) atoms. The van der Waals surface area contributed by atoms with Crippen LogP contribution in [-0.4, -0.2) is 29.6 Å². The van der Waals surface area contributed by atoms with Crippen molar-refractivity contribution in [2.24, 2.45) is 5.92 Å². The normalized spacial score (nSPS) is 14.0. The molecular formula is C24H42OSn. The number of benzene rings is 1. The van der Waals surface area contributed by atoms with E-state index in [-0.39, 0.29) is 6.10 Å². The molecule has 1 N–H and O–H groups in total. The van der Waals surface area contributed by atoms with Crippen molar-refractivity contribution in [3.8, 4) is 0 Å². The zero-order valence-corrected chi connectivity index (χ0v) is 20.8. The third kappa shape index (κ3) is 7.38. The Morgan fingerprint density at radius 1 is 0.885 bits per heavy atom. The molecule has 0 radical (unpaired) electrons. The first-order valence-electron chi connectivity index (χ1n) is 11.0. The van der Waals surface area contributed by atoms with Crippen LogP contribution in [0.3, 0.4) is 0 Å². The molecule has 0 saturated heterocycles. The number of unbranched alkanes of at least 4 members (excludes halogenated alkanes) is 3. The molecule has 0 aliphatic heterocycles. The van der Waals surface area contributed by atoms with Crippen LogP contribution in [0.4, 0.5) is 0 Å². The summed E-state index contributed by atoms with van der Waals surface area (Å²) in [6.07, 6.45) is 9.95. The van der Waals surface area contributed by atoms with E-state index in [1.54, 1.807) is 0 Å². The van der Waals surface area contributed by atoms with Crippen LogP contribution in [0.25, 0.3) is 6.08 Å². The van der Waals surface area contributed by atoms with Crippen molar-refractivity contribution in [1.29, 1.82) is 0 Å². The molecule has 0 heterocycles. The molecule has 0 aromatic heterocycles. The first-order valence-corrected chi connectivity index (χ1v) is 18.4. The predicted molar refractivity (Wildman–Crippen MR) is 120 cm³/mol. The molecule has 0 saturated carbocycles. The molecule has 1 aromatic carbocycles. The number of rotatable bonds is 13. The van der Waals surface area contributed by atoms with Gasteiger partial charge in [0.05, 0.1) is 0 Å². The average molecular weight is 465 g/mol. The Bertz CT molecular complexity index is 484. The van der Waals surface area contributed by atoms with E-state index in [1.807, 2.05) is 0 Å². The number of hydrogen-bond donors (Lipinski definition) is 1. The SMILES string of the molecule is CCC[CH2][Sn]([CH2]CCC)([CH2]CCC)/[C](=C\c1ccccc1)C(O)C(C)C. The fraction of sp³-hybridized carbons (Fsp3) is 0.667. The van der Waals surface area contributed by atoms with Crippen LogP contribution in [0.2, 0.25) is 13.3 Å². The third-order valence-electron chi connectivity index (χ3n) is 5.71. The summed E-state index contributed by atoms with van der Waals surface area (Å²) in [6.45, 7) is 11.3. The van der Waals surface area contributed by atoms with Gasteiger partial charge in [-0.1, -0.05) is 0 Å². The van der Waals surface area contributed by atoms with Crippen LogP contribution in [-0.2, 0) is 0 Å². The molecule has 2 heteroatoms. The van der Waals surface area contributed by atoms with E-state index in [1.165, 1.54) is 61.0 Å². The van der Waals surface area contributed by atoms with E-state index in [2.05, 4.69) is 71.0 Å². The van der Waals surface area contributed by atoms with E-state index in [4.69, 9.17) is 0 Å². The molecular weight excluding hydrogens is 423 g/mol. The molecule has 0 fully saturated rings. The molecule has 0 aliphatic carbocycles. The molecule has 0 amide bonds. The molecule has 1 rings (SSSR count). The van der Waals surface area contributed by atoms with Crippen LogP contribution in [0, 0.1) is 5.92 Å². The standard InChI is InChI=1S/C12H15O.3C4H9.Sn/c1-10(2)12(13)9-8-11-6-4-3-5-7-11;3*1-3-4-2;/h3-8,10,12-13H,1-2H3;3*1,3-4H2,2H3;. The van der Waals surface area contributed by atoms with Gasteiger partial charge in [-0.05, 0) is 0 Å². The minimum atomic E-state index is -2.62. The zero-order chi connectivity index (χ0) is 19.4. The summed E-state index contributed by atoms with van der Waals surface area (Å²) < 4.78 is 5.73. The van der Waals surface area contributed by atoms with Crippen molar-refractivity contribution >= 4 is 24.5 Å². The van der Waals surface area contributed by atoms with Crippen LogP contribution >= 0.6 is 0 Å². The molecule has 1 aromatic rings. The maximum atomic E-state index is 11.3.